The van der Waals surface area contributed by atoms with Crippen LogP contribution < -0.4 is 0 Å². The Kier molecular flexibility index (Phi) is 5.88. The number of hydrogen-bond acceptors (Lipinski definition) is 4. The first kappa shape index (κ1) is 15.4. The number of β-amino-alcohol motifs (C(OH)–C–C–N with tert-alkyl or cyclic N) is 1. The Morgan fingerprint density at radius 1 is 1.30 bits per heavy atom. The molecule has 4 nitrogen and oxygen atoms in total. The van der Waals surface area contributed by atoms with Gasteiger partial charge in [-0.15, -0.1) is 11.8 Å². The molecule has 1 N–H and O–H groups in total. The molecule has 1 fully saturated rings. The summed E-state index contributed by atoms with van der Waals surface area (Å²) in [6.07, 6.45) is -0.442. The molecular formula is C15H22N2O2S. The number of carbonyl (C=O) groups is 1. The second kappa shape index (κ2) is 7.67. The minimum absolute atomic E-state index is 0.0459. The quantitative estimate of drug-likeness (QED) is 0.850. The van der Waals surface area contributed by atoms with Gasteiger partial charge in [0.1, 0.15) is 0 Å². The van der Waals surface area contributed by atoms with E-state index in [1.807, 2.05) is 30.0 Å². The van der Waals surface area contributed by atoms with Crippen molar-refractivity contribution >= 4 is 17.7 Å². The van der Waals surface area contributed by atoms with E-state index >= 15 is 0 Å². The molecule has 0 saturated carbocycles. The monoisotopic (exact) mass is 294 g/mol. The third-order valence-corrected chi connectivity index (χ3v) is 4.44. The summed E-state index contributed by atoms with van der Waals surface area (Å²) in [5, 5.41) is 9.95. The molecule has 0 unspecified atom stereocenters. The number of hydrogen-bond donors (Lipinski definition) is 1. The van der Waals surface area contributed by atoms with E-state index in [-0.39, 0.29) is 5.91 Å². The van der Waals surface area contributed by atoms with Crippen LogP contribution in [0.25, 0.3) is 0 Å². The van der Waals surface area contributed by atoms with Crippen LogP contribution in [0.2, 0.25) is 0 Å². The van der Waals surface area contributed by atoms with Gasteiger partial charge in [-0.05, 0) is 12.1 Å². The second-order valence-electron chi connectivity index (χ2n) is 5.08. The minimum atomic E-state index is -0.442. The Labute approximate surface area is 124 Å². The largest absolute Gasteiger partial charge is 0.390 e. The second-order valence-corrected chi connectivity index (χ2v) is 6.25. The zero-order valence-corrected chi connectivity index (χ0v) is 12.7. The smallest absolute Gasteiger partial charge is 0.219 e. The van der Waals surface area contributed by atoms with Crippen LogP contribution in [0.1, 0.15) is 6.92 Å². The Morgan fingerprint density at radius 2 is 2.05 bits per heavy atom. The standard InChI is InChI=1S/C15H22N2O2S/c1-13(18)17-8-7-16(11-14(19)12-17)9-10-20-15-5-3-2-4-6-15/h2-6,14,19H,7-12H2,1H3/t14-/m1/s1. The van der Waals surface area contributed by atoms with Gasteiger partial charge in [-0.3, -0.25) is 9.69 Å². The highest BCUT2D eigenvalue weighted by Crippen LogP contribution is 2.17. The lowest BCUT2D eigenvalue weighted by Crippen LogP contribution is -2.36. The van der Waals surface area contributed by atoms with Gasteiger partial charge in [-0.2, -0.15) is 0 Å². The van der Waals surface area contributed by atoms with Gasteiger partial charge in [0.15, 0.2) is 0 Å². The highest BCUT2D eigenvalue weighted by atomic mass is 32.2. The normalized spacial score (nSPS) is 20.7. The topological polar surface area (TPSA) is 43.8 Å². The summed E-state index contributed by atoms with van der Waals surface area (Å²) in [5.41, 5.74) is 0. The van der Waals surface area contributed by atoms with Crippen LogP contribution in [0.4, 0.5) is 0 Å². The molecule has 1 aliphatic heterocycles. The van der Waals surface area contributed by atoms with Gasteiger partial charge in [0.05, 0.1) is 6.10 Å². The molecule has 1 aromatic rings. The molecular weight excluding hydrogens is 272 g/mol. The van der Waals surface area contributed by atoms with Crippen LogP contribution in [-0.4, -0.2) is 65.4 Å². The van der Waals surface area contributed by atoms with E-state index in [2.05, 4.69) is 17.0 Å². The third kappa shape index (κ3) is 4.81. The van der Waals surface area contributed by atoms with E-state index in [0.717, 1.165) is 18.8 Å². The van der Waals surface area contributed by atoms with Gasteiger partial charge in [0.2, 0.25) is 5.91 Å². The van der Waals surface area contributed by atoms with E-state index in [1.54, 1.807) is 11.8 Å². The highest BCUT2D eigenvalue weighted by molar-refractivity contribution is 7.99. The van der Waals surface area contributed by atoms with E-state index in [1.165, 1.54) is 4.90 Å². The maximum absolute atomic E-state index is 11.4. The van der Waals surface area contributed by atoms with Crippen molar-refractivity contribution in [3.8, 4) is 0 Å². The van der Waals surface area contributed by atoms with Gasteiger partial charge in [0.25, 0.3) is 0 Å². The van der Waals surface area contributed by atoms with Crippen molar-refractivity contribution in [3.63, 3.8) is 0 Å². The summed E-state index contributed by atoms with van der Waals surface area (Å²) in [6, 6.07) is 10.3. The summed E-state index contributed by atoms with van der Waals surface area (Å²) in [5.74, 6) is 1.04. The molecule has 1 saturated heterocycles. The lowest BCUT2D eigenvalue weighted by Gasteiger charge is -2.20. The first-order valence-corrected chi connectivity index (χ1v) is 7.97. The first-order chi connectivity index (χ1) is 9.65. The number of nitrogens with zero attached hydrogens (tertiary/aromatic N) is 2. The van der Waals surface area contributed by atoms with Crippen molar-refractivity contribution < 1.29 is 9.90 Å². The van der Waals surface area contributed by atoms with Gasteiger partial charge in [-0.25, -0.2) is 0 Å². The fourth-order valence-corrected chi connectivity index (χ4v) is 3.29. The summed E-state index contributed by atoms with van der Waals surface area (Å²) < 4.78 is 0. The van der Waals surface area contributed by atoms with Crippen LogP contribution in [-0.2, 0) is 4.79 Å². The fraction of sp³-hybridized carbons (Fsp3) is 0.533. The lowest BCUT2D eigenvalue weighted by atomic mass is 10.3. The van der Waals surface area contributed by atoms with E-state index in [9.17, 15) is 9.90 Å². The van der Waals surface area contributed by atoms with Crippen LogP contribution in [0.15, 0.2) is 35.2 Å². The summed E-state index contributed by atoms with van der Waals surface area (Å²) >= 11 is 1.83. The molecule has 1 aromatic carbocycles. The van der Waals surface area contributed by atoms with Crippen molar-refractivity contribution in [1.82, 2.24) is 9.80 Å². The maximum Gasteiger partial charge on any atom is 0.219 e. The number of aliphatic hydroxyl groups excluding tert-OH is 1. The molecule has 1 aliphatic rings. The summed E-state index contributed by atoms with van der Waals surface area (Å²) in [6.45, 7) is 5.15. The van der Waals surface area contributed by atoms with Gasteiger partial charge >= 0.3 is 0 Å². The summed E-state index contributed by atoms with van der Waals surface area (Å²) in [4.78, 5) is 16.6. The number of thioether (sulfide) groups is 1. The molecule has 0 bridgehead atoms. The van der Waals surface area contributed by atoms with Crippen LogP contribution in [0.3, 0.4) is 0 Å². The van der Waals surface area contributed by atoms with Crippen LogP contribution in [0.5, 0.6) is 0 Å². The predicted molar refractivity (Wildman–Crippen MR) is 81.9 cm³/mol. The Bertz CT molecular complexity index is 427. The van der Waals surface area contributed by atoms with Crippen molar-refractivity contribution in [2.45, 2.75) is 17.9 Å². The molecule has 0 aliphatic carbocycles. The zero-order chi connectivity index (χ0) is 14.4. The highest BCUT2D eigenvalue weighted by Gasteiger charge is 2.22. The number of aliphatic hydroxyl groups is 1. The average Bonchev–Trinajstić information content (AvgIpc) is 2.62. The van der Waals surface area contributed by atoms with Crippen molar-refractivity contribution in [1.29, 1.82) is 0 Å². The molecule has 0 aromatic heterocycles. The van der Waals surface area contributed by atoms with E-state index < -0.39 is 6.10 Å². The maximum atomic E-state index is 11.4. The molecule has 0 spiro atoms. The van der Waals surface area contributed by atoms with E-state index in [0.29, 0.717) is 19.6 Å². The van der Waals surface area contributed by atoms with Crippen LogP contribution >= 0.6 is 11.8 Å². The Morgan fingerprint density at radius 3 is 2.75 bits per heavy atom. The number of rotatable bonds is 4. The van der Waals surface area contributed by atoms with Crippen molar-refractivity contribution in [2.24, 2.45) is 0 Å². The lowest BCUT2D eigenvalue weighted by molar-refractivity contribution is -0.129. The molecule has 2 rings (SSSR count). The molecule has 5 heteroatoms. The van der Waals surface area contributed by atoms with Crippen molar-refractivity contribution in [2.75, 3.05) is 38.5 Å². The average molecular weight is 294 g/mol. The number of amides is 1. The SMILES string of the molecule is CC(=O)N1CCN(CCSc2ccccc2)C[C@@H](O)C1. The Balaban J connectivity index is 1.77. The predicted octanol–water partition coefficient (Wildman–Crippen LogP) is 1.30. The number of carbonyl (C=O) groups excluding carboxylic acids is 1. The minimum Gasteiger partial charge on any atom is -0.390 e. The van der Waals surface area contributed by atoms with Gasteiger partial charge in [0, 0.05) is 50.3 Å². The zero-order valence-electron chi connectivity index (χ0n) is 11.9. The molecule has 0 radical (unpaired) electrons. The van der Waals surface area contributed by atoms with E-state index in [4.69, 9.17) is 0 Å². The van der Waals surface area contributed by atoms with Gasteiger partial charge in [-0.1, -0.05) is 18.2 Å². The van der Waals surface area contributed by atoms with Crippen molar-refractivity contribution in [3.05, 3.63) is 30.3 Å². The van der Waals surface area contributed by atoms with Crippen LogP contribution in [0, 0.1) is 0 Å². The van der Waals surface area contributed by atoms with Gasteiger partial charge < -0.3 is 10.0 Å². The first-order valence-electron chi connectivity index (χ1n) is 6.99. The molecule has 20 heavy (non-hydrogen) atoms. The summed E-state index contributed by atoms with van der Waals surface area (Å²) in [7, 11) is 0. The molecule has 1 amide bonds. The third-order valence-electron chi connectivity index (χ3n) is 3.45. The Hall–Kier alpha value is -1.04. The molecule has 1 atom stereocenters. The molecule has 1 heterocycles. The fourth-order valence-electron chi connectivity index (χ4n) is 2.35. The number of benzene rings is 1. The molecule has 110 valence electrons.